The van der Waals surface area contributed by atoms with Crippen LogP contribution < -0.4 is 5.32 Å². The van der Waals surface area contributed by atoms with E-state index < -0.39 is 0 Å². The van der Waals surface area contributed by atoms with Crippen molar-refractivity contribution in [1.82, 2.24) is 4.90 Å². The first kappa shape index (κ1) is 13.1. The van der Waals surface area contributed by atoms with Crippen molar-refractivity contribution in [1.29, 1.82) is 0 Å². The summed E-state index contributed by atoms with van der Waals surface area (Å²) in [6, 6.07) is 8.14. The number of anilines is 1. The SMILES string of the molecule is OC(CNc1ccccc1I)CN1CCCC1. The molecule has 4 heteroatoms. The van der Waals surface area contributed by atoms with E-state index in [2.05, 4.69) is 38.9 Å². The van der Waals surface area contributed by atoms with Crippen LogP contribution in [0.1, 0.15) is 12.8 Å². The zero-order chi connectivity index (χ0) is 12.1. The van der Waals surface area contributed by atoms with Crippen LogP contribution in [-0.4, -0.2) is 42.3 Å². The molecule has 1 fully saturated rings. The molecule has 0 aliphatic carbocycles. The fourth-order valence-corrected chi connectivity index (χ4v) is 2.74. The average Bonchev–Trinajstić information content (AvgIpc) is 2.81. The van der Waals surface area contributed by atoms with Crippen LogP contribution in [0.3, 0.4) is 0 Å². The molecule has 2 N–H and O–H groups in total. The van der Waals surface area contributed by atoms with Gasteiger partial charge in [-0.05, 0) is 60.7 Å². The molecular weight excluding hydrogens is 327 g/mol. The lowest BCUT2D eigenvalue weighted by Crippen LogP contribution is -2.34. The largest absolute Gasteiger partial charge is 0.390 e. The Morgan fingerprint density at radius 2 is 2.00 bits per heavy atom. The van der Waals surface area contributed by atoms with Crippen molar-refractivity contribution >= 4 is 28.3 Å². The summed E-state index contributed by atoms with van der Waals surface area (Å²) < 4.78 is 1.19. The first-order valence-electron chi connectivity index (χ1n) is 6.14. The van der Waals surface area contributed by atoms with Gasteiger partial charge in [-0.2, -0.15) is 0 Å². The van der Waals surface area contributed by atoms with Gasteiger partial charge in [0, 0.05) is 22.3 Å². The molecule has 0 bridgehead atoms. The second-order valence-corrected chi connectivity index (χ2v) is 5.68. The van der Waals surface area contributed by atoms with Gasteiger partial charge in [0.1, 0.15) is 0 Å². The van der Waals surface area contributed by atoms with Crippen LogP contribution in [0.2, 0.25) is 0 Å². The van der Waals surface area contributed by atoms with Crippen LogP contribution in [0.5, 0.6) is 0 Å². The number of para-hydroxylation sites is 1. The third kappa shape index (κ3) is 4.12. The van der Waals surface area contributed by atoms with Gasteiger partial charge in [-0.15, -0.1) is 0 Å². The maximum absolute atomic E-state index is 9.96. The quantitative estimate of drug-likeness (QED) is 0.803. The molecule has 1 unspecified atom stereocenters. The van der Waals surface area contributed by atoms with Gasteiger partial charge in [-0.1, -0.05) is 12.1 Å². The monoisotopic (exact) mass is 346 g/mol. The lowest BCUT2D eigenvalue weighted by Gasteiger charge is -2.20. The van der Waals surface area contributed by atoms with E-state index in [0.29, 0.717) is 6.54 Å². The highest BCUT2D eigenvalue weighted by Crippen LogP contribution is 2.17. The van der Waals surface area contributed by atoms with E-state index in [0.717, 1.165) is 25.3 Å². The van der Waals surface area contributed by atoms with Crippen molar-refractivity contribution in [2.24, 2.45) is 0 Å². The summed E-state index contributed by atoms with van der Waals surface area (Å²) >= 11 is 2.30. The van der Waals surface area contributed by atoms with E-state index in [9.17, 15) is 5.11 Å². The number of hydrogen-bond donors (Lipinski definition) is 2. The average molecular weight is 346 g/mol. The first-order valence-corrected chi connectivity index (χ1v) is 7.22. The van der Waals surface area contributed by atoms with Gasteiger partial charge < -0.3 is 15.3 Å². The van der Waals surface area contributed by atoms with Crippen LogP contribution in [0, 0.1) is 3.57 Å². The van der Waals surface area contributed by atoms with Crippen LogP contribution in [0.15, 0.2) is 24.3 Å². The van der Waals surface area contributed by atoms with Gasteiger partial charge >= 0.3 is 0 Å². The maximum atomic E-state index is 9.96. The number of hydrogen-bond acceptors (Lipinski definition) is 3. The number of likely N-dealkylation sites (tertiary alicyclic amines) is 1. The Balaban J connectivity index is 1.75. The zero-order valence-electron chi connectivity index (χ0n) is 9.90. The third-order valence-electron chi connectivity index (χ3n) is 3.07. The number of benzene rings is 1. The Bertz CT molecular complexity index is 353. The molecule has 17 heavy (non-hydrogen) atoms. The van der Waals surface area contributed by atoms with Gasteiger partial charge in [-0.25, -0.2) is 0 Å². The molecule has 1 aliphatic heterocycles. The topological polar surface area (TPSA) is 35.5 Å². The number of aliphatic hydroxyl groups is 1. The normalized spacial score (nSPS) is 18.2. The minimum Gasteiger partial charge on any atom is -0.390 e. The molecule has 94 valence electrons. The second-order valence-electron chi connectivity index (χ2n) is 4.52. The van der Waals surface area contributed by atoms with Crippen molar-refractivity contribution in [3.8, 4) is 0 Å². The zero-order valence-corrected chi connectivity index (χ0v) is 12.1. The van der Waals surface area contributed by atoms with E-state index in [4.69, 9.17) is 0 Å². The van der Waals surface area contributed by atoms with Gasteiger partial charge in [-0.3, -0.25) is 0 Å². The summed E-state index contributed by atoms with van der Waals surface area (Å²) in [7, 11) is 0. The van der Waals surface area contributed by atoms with E-state index in [-0.39, 0.29) is 6.10 Å². The number of β-amino-alcohol motifs (C(OH)–C–C–N with tert-alkyl or cyclic N) is 1. The van der Waals surface area contributed by atoms with E-state index in [1.165, 1.54) is 16.4 Å². The van der Waals surface area contributed by atoms with Crippen LogP contribution in [-0.2, 0) is 0 Å². The fourth-order valence-electron chi connectivity index (χ4n) is 2.16. The van der Waals surface area contributed by atoms with Crippen molar-refractivity contribution in [3.63, 3.8) is 0 Å². The van der Waals surface area contributed by atoms with Gasteiger partial charge in [0.25, 0.3) is 0 Å². The lowest BCUT2D eigenvalue weighted by molar-refractivity contribution is 0.135. The first-order chi connectivity index (χ1) is 8.25. The maximum Gasteiger partial charge on any atom is 0.0839 e. The molecule has 0 spiro atoms. The highest BCUT2D eigenvalue weighted by Gasteiger charge is 2.15. The summed E-state index contributed by atoms with van der Waals surface area (Å²) in [5, 5.41) is 13.3. The van der Waals surface area contributed by atoms with Crippen molar-refractivity contribution in [3.05, 3.63) is 27.8 Å². The molecule has 1 atom stereocenters. The smallest absolute Gasteiger partial charge is 0.0839 e. The Labute approximate surface area is 116 Å². The summed E-state index contributed by atoms with van der Waals surface area (Å²) in [5.74, 6) is 0. The van der Waals surface area contributed by atoms with Crippen LogP contribution in [0.4, 0.5) is 5.69 Å². The lowest BCUT2D eigenvalue weighted by atomic mass is 10.3. The van der Waals surface area contributed by atoms with E-state index in [1.807, 2.05) is 18.2 Å². The molecule has 1 aromatic carbocycles. The summed E-state index contributed by atoms with van der Waals surface area (Å²) in [4.78, 5) is 2.34. The van der Waals surface area contributed by atoms with Gasteiger partial charge in [0.2, 0.25) is 0 Å². The van der Waals surface area contributed by atoms with Crippen molar-refractivity contribution in [2.45, 2.75) is 18.9 Å². The Morgan fingerprint density at radius 1 is 1.29 bits per heavy atom. The molecule has 0 aromatic heterocycles. The minimum atomic E-state index is -0.288. The van der Waals surface area contributed by atoms with E-state index in [1.54, 1.807) is 0 Å². The summed E-state index contributed by atoms with van der Waals surface area (Å²) in [5.41, 5.74) is 1.11. The van der Waals surface area contributed by atoms with E-state index >= 15 is 0 Å². The highest BCUT2D eigenvalue weighted by molar-refractivity contribution is 14.1. The number of nitrogens with zero attached hydrogens (tertiary/aromatic N) is 1. The van der Waals surface area contributed by atoms with Gasteiger partial charge in [0.05, 0.1) is 6.10 Å². The number of aliphatic hydroxyl groups excluding tert-OH is 1. The Kier molecular flexibility index (Phi) is 5.06. The fraction of sp³-hybridized carbons (Fsp3) is 0.538. The Hall–Kier alpha value is -0.330. The molecule has 0 radical (unpaired) electrons. The molecule has 3 nitrogen and oxygen atoms in total. The highest BCUT2D eigenvalue weighted by atomic mass is 127. The predicted octanol–water partition coefficient (Wildman–Crippen LogP) is 2.16. The van der Waals surface area contributed by atoms with Crippen molar-refractivity contribution < 1.29 is 5.11 Å². The molecule has 0 saturated carbocycles. The number of nitrogens with one attached hydrogen (secondary N) is 1. The predicted molar refractivity (Wildman–Crippen MR) is 79.3 cm³/mol. The van der Waals surface area contributed by atoms with Crippen LogP contribution in [0.25, 0.3) is 0 Å². The summed E-state index contributed by atoms with van der Waals surface area (Å²) in [6.45, 7) is 3.69. The minimum absolute atomic E-state index is 0.288. The number of halogens is 1. The molecule has 1 saturated heterocycles. The molecule has 1 heterocycles. The van der Waals surface area contributed by atoms with Gasteiger partial charge in [0.15, 0.2) is 0 Å². The standard InChI is InChI=1S/C13H19IN2O/c14-12-5-1-2-6-13(12)15-9-11(17)10-16-7-3-4-8-16/h1-2,5-6,11,15,17H,3-4,7-10H2. The summed E-state index contributed by atoms with van der Waals surface area (Å²) in [6.07, 6.45) is 2.26. The molecular formula is C13H19IN2O. The van der Waals surface area contributed by atoms with Crippen molar-refractivity contribution in [2.75, 3.05) is 31.5 Å². The molecule has 0 amide bonds. The molecule has 1 aliphatic rings. The number of rotatable bonds is 5. The molecule has 1 aromatic rings. The van der Waals surface area contributed by atoms with Crippen LogP contribution >= 0.6 is 22.6 Å². The third-order valence-corrected chi connectivity index (χ3v) is 4.01. The molecule has 2 rings (SSSR count). The Morgan fingerprint density at radius 3 is 2.71 bits per heavy atom. The second kappa shape index (κ2) is 6.56.